The number of hydrogen-bond donors (Lipinski definition) is 0. The molecule has 66 heavy (non-hydrogen) atoms. The monoisotopic (exact) mass is 1050 g/mol. The maximum atomic E-state index is 15.4. The normalized spacial score (nSPS) is 19.7. The van der Waals surface area contributed by atoms with Crippen LogP contribution in [0.2, 0.25) is 0 Å². The van der Waals surface area contributed by atoms with Gasteiger partial charge in [-0.25, -0.2) is 33.7 Å². The highest BCUT2D eigenvalue weighted by Gasteiger charge is 2.50. The summed E-state index contributed by atoms with van der Waals surface area (Å²) in [6, 6.07) is 7.32. The van der Waals surface area contributed by atoms with E-state index in [1.807, 2.05) is 24.6 Å². The molecule has 0 aliphatic carbocycles. The van der Waals surface area contributed by atoms with Crippen LogP contribution < -0.4 is 0 Å². The Hall–Kier alpha value is -2.18. The highest BCUT2D eigenvalue weighted by atomic mass is 32.2. The number of thiophene rings is 2. The Balaban J connectivity index is 1.47. The minimum Gasteiger partial charge on any atom is -0.218 e. The van der Waals surface area contributed by atoms with Crippen molar-refractivity contribution in [3.8, 4) is 0 Å². The molecule has 0 atom stereocenters. The molecular weight excluding hydrogens is 985 g/mol. The molecule has 4 aliphatic rings. The van der Waals surface area contributed by atoms with Gasteiger partial charge in [0.05, 0.1) is 47.7 Å². The van der Waals surface area contributed by atoms with Gasteiger partial charge in [-0.1, -0.05) is 105 Å². The molecule has 4 aliphatic heterocycles. The minimum absolute atomic E-state index is 0.120. The molecule has 0 saturated heterocycles. The van der Waals surface area contributed by atoms with Crippen LogP contribution in [0.4, 0.5) is 0 Å². The van der Waals surface area contributed by atoms with Crippen molar-refractivity contribution in [1.29, 1.82) is 0 Å². The molecule has 8 nitrogen and oxygen atoms in total. The standard InChI is InChI=1S/C50H66O8S8/c1-7-11-15-19-23-35-33-43(65(55,56)47(35)39-27-29-45(59-5)61-39)49-37(25-21-17-13-9-3)31-41(63(49,51)52)42-32-38(26-22-18-14-10-4)50(64(42,53)54)44-34-36(24-20-16-12-8-2)48(66(44,57)58)40-28-30-46(60-6)62-40/h27-34H,7-26H2,1-6H3. The number of sulfone groups is 4. The van der Waals surface area contributed by atoms with Crippen LogP contribution in [0, 0.1) is 0 Å². The highest BCUT2D eigenvalue weighted by molar-refractivity contribution is 8.10. The summed E-state index contributed by atoms with van der Waals surface area (Å²) in [6.45, 7) is 8.34. The van der Waals surface area contributed by atoms with Crippen LogP contribution in [0.1, 0.15) is 166 Å². The van der Waals surface area contributed by atoms with Gasteiger partial charge in [0.2, 0.25) is 39.3 Å². The lowest BCUT2D eigenvalue weighted by Crippen LogP contribution is -2.17. The van der Waals surface area contributed by atoms with Crippen molar-refractivity contribution >= 4 is 95.4 Å². The van der Waals surface area contributed by atoms with Crippen LogP contribution in [0.15, 0.2) is 109 Å². The molecule has 0 N–H and O–H groups in total. The molecule has 2 aromatic rings. The molecule has 362 valence electrons. The number of hydrogen-bond acceptors (Lipinski definition) is 12. The topological polar surface area (TPSA) is 137 Å². The second-order valence-electron chi connectivity index (χ2n) is 17.4. The van der Waals surface area contributed by atoms with Crippen molar-refractivity contribution in [3.05, 3.63) is 110 Å². The second kappa shape index (κ2) is 23.2. The summed E-state index contributed by atoms with van der Waals surface area (Å²) in [6.07, 6.45) is 24.6. The molecule has 16 heteroatoms. The predicted molar refractivity (Wildman–Crippen MR) is 283 cm³/mol. The van der Waals surface area contributed by atoms with Crippen molar-refractivity contribution < 1.29 is 33.7 Å². The third kappa shape index (κ3) is 11.1. The smallest absolute Gasteiger partial charge is 0.209 e. The lowest BCUT2D eigenvalue weighted by atomic mass is 10.0. The van der Waals surface area contributed by atoms with Crippen molar-refractivity contribution in [2.75, 3.05) is 12.5 Å². The van der Waals surface area contributed by atoms with Crippen LogP contribution in [0.5, 0.6) is 0 Å². The van der Waals surface area contributed by atoms with Gasteiger partial charge in [0.15, 0.2) is 0 Å². The summed E-state index contributed by atoms with van der Waals surface area (Å²) in [5, 5.41) is 0. The highest BCUT2D eigenvalue weighted by Crippen LogP contribution is 2.55. The molecule has 0 bridgehead atoms. The quantitative estimate of drug-likeness (QED) is 0.0628. The number of rotatable bonds is 27. The minimum atomic E-state index is -4.78. The van der Waals surface area contributed by atoms with Gasteiger partial charge < -0.3 is 0 Å². The van der Waals surface area contributed by atoms with E-state index < -0.39 is 49.2 Å². The summed E-state index contributed by atoms with van der Waals surface area (Å²) < 4.78 is 123. The van der Waals surface area contributed by atoms with Crippen molar-refractivity contribution in [2.45, 2.75) is 165 Å². The van der Waals surface area contributed by atoms with Gasteiger partial charge in [0.25, 0.3) is 0 Å². The molecule has 6 heterocycles. The van der Waals surface area contributed by atoms with Crippen molar-refractivity contribution in [3.63, 3.8) is 0 Å². The summed E-state index contributed by atoms with van der Waals surface area (Å²) in [5.74, 6) is 0. The van der Waals surface area contributed by atoms with E-state index >= 15 is 33.7 Å². The van der Waals surface area contributed by atoms with Gasteiger partial charge in [0.1, 0.15) is 0 Å². The average Bonchev–Trinajstić information content (AvgIpc) is 4.11. The van der Waals surface area contributed by atoms with Gasteiger partial charge in [-0.15, -0.1) is 46.2 Å². The molecule has 0 radical (unpaired) electrons. The van der Waals surface area contributed by atoms with Gasteiger partial charge in [-0.2, -0.15) is 0 Å². The van der Waals surface area contributed by atoms with E-state index in [9.17, 15) is 0 Å². The lowest BCUT2D eigenvalue weighted by molar-refractivity contribution is 0.602. The van der Waals surface area contributed by atoms with Gasteiger partial charge in [0, 0.05) is 9.75 Å². The third-order valence-corrected chi connectivity index (χ3v) is 25.3. The predicted octanol–water partition coefficient (Wildman–Crippen LogP) is 15.0. The molecule has 0 aromatic carbocycles. The van der Waals surface area contributed by atoms with E-state index in [-0.39, 0.29) is 53.4 Å². The molecule has 0 fully saturated rings. The maximum Gasteiger partial charge on any atom is 0.209 e. The van der Waals surface area contributed by atoms with Gasteiger partial charge in [-0.05, 0) is 135 Å². The fourth-order valence-electron chi connectivity index (χ4n) is 9.10. The number of allylic oxidation sites excluding steroid dienone is 8. The van der Waals surface area contributed by atoms with Crippen LogP contribution in [0.25, 0.3) is 9.81 Å². The van der Waals surface area contributed by atoms with Gasteiger partial charge in [-0.3, -0.25) is 0 Å². The Morgan fingerprint density at radius 3 is 0.909 bits per heavy atom. The van der Waals surface area contributed by atoms with E-state index in [4.69, 9.17) is 0 Å². The fourth-order valence-corrected chi connectivity index (χ4v) is 21.8. The largest absolute Gasteiger partial charge is 0.218 e. The van der Waals surface area contributed by atoms with Crippen LogP contribution in [0.3, 0.4) is 0 Å². The Labute approximate surface area is 412 Å². The van der Waals surface area contributed by atoms with Crippen LogP contribution in [-0.2, 0) is 39.3 Å². The zero-order valence-electron chi connectivity index (χ0n) is 39.3. The molecule has 0 spiro atoms. The van der Waals surface area contributed by atoms with Gasteiger partial charge >= 0.3 is 0 Å². The zero-order valence-corrected chi connectivity index (χ0v) is 45.8. The number of thioether (sulfide) groups is 2. The summed E-state index contributed by atoms with van der Waals surface area (Å²) in [4.78, 5) is -1.01. The molecular formula is C50H66O8S8. The zero-order chi connectivity index (χ0) is 47.9. The summed E-state index contributed by atoms with van der Waals surface area (Å²) >= 11 is 5.73. The third-order valence-electron chi connectivity index (χ3n) is 12.5. The first-order valence-electron chi connectivity index (χ1n) is 23.6. The Morgan fingerprint density at radius 1 is 0.364 bits per heavy atom. The first-order chi connectivity index (χ1) is 31.5. The molecule has 2 aromatic heterocycles. The van der Waals surface area contributed by atoms with Crippen LogP contribution >= 0.6 is 46.2 Å². The molecule has 0 amide bonds. The Kier molecular flexibility index (Phi) is 18.7. The van der Waals surface area contributed by atoms with Crippen LogP contribution in [-0.4, -0.2) is 46.2 Å². The first-order valence-corrected chi connectivity index (χ1v) is 33.6. The summed E-state index contributed by atoms with van der Waals surface area (Å²) in [7, 11) is -18.3. The average molecular weight is 1050 g/mol. The molecule has 6 rings (SSSR count). The van der Waals surface area contributed by atoms with Crippen molar-refractivity contribution in [1.82, 2.24) is 0 Å². The number of unbranched alkanes of at least 4 members (excludes halogenated alkanes) is 12. The van der Waals surface area contributed by atoms with E-state index in [1.165, 1.54) is 70.5 Å². The lowest BCUT2D eigenvalue weighted by Gasteiger charge is -2.14. The maximum absolute atomic E-state index is 15.4. The Morgan fingerprint density at radius 2 is 0.636 bits per heavy atom. The fraction of sp³-hybridized carbons (Fsp3) is 0.520. The second-order valence-corrected chi connectivity index (χ2v) is 29.2. The van der Waals surface area contributed by atoms with E-state index in [0.29, 0.717) is 46.6 Å². The first kappa shape index (κ1) is 53.2. The molecule has 0 unspecified atom stereocenters. The summed E-state index contributed by atoms with van der Waals surface area (Å²) in [5.41, 5.74) is 1.65. The van der Waals surface area contributed by atoms with Crippen molar-refractivity contribution in [2.24, 2.45) is 0 Å². The SMILES string of the molecule is CCCCCCC1=C(C2=CC(CCCCCC)=C(c3ccc(SC)s3)S2(=O)=O)S(=O)(=O)C(C2=CC(CCCCCC)=C(C3=CC(CCCCCC)=C(c4ccc(SC)s4)S3(=O)=O)S2(=O)=O)=C1. The Bertz CT molecular complexity index is 2670. The van der Waals surface area contributed by atoms with E-state index in [0.717, 1.165) is 98.3 Å². The van der Waals surface area contributed by atoms with E-state index in [1.54, 1.807) is 12.1 Å². The molecule has 0 saturated carbocycles. The van der Waals surface area contributed by atoms with E-state index in [2.05, 4.69) is 27.7 Å².